The second-order valence-corrected chi connectivity index (χ2v) is 4.72. The first-order valence-electron chi connectivity index (χ1n) is 6.06. The average Bonchev–Trinajstić information content (AvgIpc) is 2.44. The number of halogens is 1. The van der Waals surface area contributed by atoms with E-state index in [1.807, 2.05) is 12.1 Å². The van der Waals surface area contributed by atoms with Crippen LogP contribution in [0.15, 0.2) is 42.5 Å². The number of hydrogen-bond acceptors (Lipinski definition) is 3. The molecular weight excluding hydrogens is 276 g/mol. The predicted octanol–water partition coefficient (Wildman–Crippen LogP) is 3.11. The van der Waals surface area contributed by atoms with Crippen LogP contribution in [0.4, 0.5) is 11.4 Å². The van der Waals surface area contributed by atoms with Crippen molar-refractivity contribution in [3.05, 3.63) is 53.1 Å². The monoisotopic (exact) mass is 290 g/mol. The van der Waals surface area contributed by atoms with Crippen LogP contribution in [0.25, 0.3) is 0 Å². The molecule has 1 amide bonds. The van der Waals surface area contributed by atoms with E-state index in [0.717, 1.165) is 5.56 Å². The first-order chi connectivity index (χ1) is 9.58. The van der Waals surface area contributed by atoms with Crippen LogP contribution in [0.2, 0.25) is 5.02 Å². The number of methoxy groups -OCH3 is 1. The lowest BCUT2D eigenvalue weighted by atomic mass is 10.1. The predicted molar refractivity (Wildman–Crippen MR) is 81.2 cm³/mol. The van der Waals surface area contributed by atoms with Gasteiger partial charge in [0.1, 0.15) is 5.75 Å². The van der Waals surface area contributed by atoms with Crippen LogP contribution < -0.4 is 15.8 Å². The van der Waals surface area contributed by atoms with Gasteiger partial charge < -0.3 is 15.8 Å². The second kappa shape index (κ2) is 6.30. The number of nitrogen functional groups attached to an aromatic ring is 1. The Morgan fingerprint density at radius 3 is 2.60 bits per heavy atom. The third kappa shape index (κ3) is 3.65. The van der Waals surface area contributed by atoms with Gasteiger partial charge in [-0.15, -0.1) is 0 Å². The quantitative estimate of drug-likeness (QED) is 0.850. The molecule has 0 radical (unpaired) electrons. The van der Waals surface area contributed by atoms with Crippen LogP contribution in [0.1, 0.15) is 5.56 Å². The molecule has 0 saturated heterocycles. The van der Waals surface area contributed by atoms with Gasteiger partial charge in [-0.1, -0.05) is 23.7 Å². The van der Waals surface area contributed by atoms with Crippen molar-refractivity contribution in [2.24, 2.45) is 0 Å². The van der Waals surface area contributed by atoms with E-state index >= 15 is 0 Å². The summed E-state index contributed by atoms with van der Waals surface area (Å²) in [6.45, 7) is 0. The number of carbonyl (C=O) groups is 1. The molecule has 3 N–H and O–H groups in total. The van der Waals surface area contributed by atoms with Gasteiger partial charge in [-0.05, 0) is 29.8 Å². The minimum Gasteiger partial charge on any atom is -0.497 e. The summed E-state index contributed by atoms with van der Waals surface area (Å²) in [5, 5.41) is 3.23. The molecule has 0 aliphatic heterocycles. The Morgan fingerprint density at radius 1 is 1.25 bits per heavy atom. The van der Waals surface area contributed by atoms with Crippen molar-refractivity contribution >= 4 is 28.9 Å². The number of amides is 1. The lowest BCUT2D eigenvalue weighted by Crippen LogP contribution is -2.14. The van der Waals surface area contributed by atoms with Crippen molar-refractivity contribution in [1.29, 1.82) is 0 Å². The van der Waals surface area contributed by atoms with E-state index in [1.54, 1.807) is 37.4 Å². The molecule has 0 aliphatic carbocycles. The zero-order valence-electron chi connectivity index (χ0n) is 11.0. The van der Waals surface area contributed by atoms with Crippen molar-refractivity contribution in [3.63, 3.8) is 0 Å². The summed E-state index contributed by atoms with van der Waals surface area (Å²) in [6.07, 6.45) is 0.258. The molecule has 0 aromatic heterocycles. The van der Waals surface area contributed by atoms with Crippen LogP contribution in [-0.2, 0) is 11.2 Å². The van der Waals surface area contributed by atoms with Crippen molar-refractivity contribution < 1.29 is 9.53 Å². The number of hydrogen-bond donors (Lipinski definition) is 2. The Kier molecular flexibility index (Phi) is 4.48. The highest BCUT2D eigenvalue weighted by Crippen LogP contribution is 2.26. The number of ether oxygens (including phenoxy) is 1. The van der Waals surface area contributed by atoms with Gasteiger partial charge >= 0.3 is 0 Å². The number of nitrogens with one attached hydrogen (secondary N) is 1. The van der Waals surface area contributed by atoms with Crippen LogP contribution in [-0.4, -0.2) is 13.0 Å². The van der Waals surface area contributed by atoms with E-state index in [0.29, 0.717) is 22.1 Å². The molecule has 0 spiro atoms. The SMILES string of the molecule is COc1ccc(Cl)c(NC(=O)Cc2ccc(N)cc2)c1. The zero-order chi connectivity index (χ0) is 14.5. The van der Waals surface area contributed by atoms with E-state index in [-0.39, 0.29) is 12.3 Å². The van der Waals surface area contributed by atoms with Crippen LogP contribution in [0.3, 0.4) is 0 Å². The molecule has 0 fully saturated rings. The summed E-state index contributed by atoms with van der Waals surface area (Å²) in [7, 11) is 1.56. The van der Waals surface area contributed by atoms with Gasteiger partial charge in [0, 0.05) is 11.8 Å². The summed E-state index contributed by atoms with van der Waals surface area (Å²) in [6, 6.07) is 12.3. The molecule has 20 heavy (non-hydrogen) atoms. The Labute approximate surface area is 122 Å². The van der Waals surface area contributed by atoms with Gasteiger partial charge in [-0.3, -0.25) is 4.79 Å². The summed E-state index contributed by atoms with van der Waals surface area (Å²) in [4.78, 5) is 12.0. The van der Waals surface area contributed by atoms with Crippen molar-refractivity contribution in [1.82, 2.24) is 0 Å². The topological polar surface area (TPSA) is 64.3 Å². The largest absolute Gasteiger partial charge is 0.497 e. The summed E-state index contributed by atoms with van der Waals surface area (Å²) in [5.74, 6) is 0.488. The molecule has 0 bridgehead atoms. The third-order valence-electron chi connectivity index (χ3n) is 2.79. The Hall–Kier alpha value is -2.20. The fourth-order valence-corrected chi connectivity index (χ4v) is 1.91. The molecule has 0 heterocycles. The van der Waals surface area contributed by atoms with Crippen molar-refractivity contribution in [2.75, 3.05) is 18.2 Å². The molecule has 5 heteroatoms. The van der Waals surface area contributed by atoms with E-state index < -0.39 is 0 Å². The standard InChI is InChI=1S/C15H15ClN2O2/c1-20-12-6-7-13(16)14(9-12)18-15(19)8-10-2-4-11(17)5-3-10/h2-7,9H,8,17H2,1H3,(H,18,19). The molecule has 104 valence electrons. The zero-order valence-corrected chi connectivity index (χ0v) is 11.8. The van der Waals surface area contributed by atoms with E-state index in [4.69, 9.17) is 22.1 Å². The molecule has 2 aromatic carbocycles. The minimum absolute atomic E-state index is 0.148. The summed E-state index contributed by atoms with van der Waals surface area (Å²) in [5.41, 5.74) is 7.69. The second-order valence-electron chi connectivity index (χ2n) is 4.31. The molecule has 0 aliphatic rings. The third-order valence-corrected chi connectivity index (χ3v) is 3.12. The maximum absolute atomic E-state index is 12.0. The number of rotatable bonds is 4. The first-order valence-corrected chi connectivity index (χ1v) is 6.44. The van der Waals surface area contributed by atoms with Crippen LogP contribution in [0, 0.1) is 0 Å². The van der Waals surface area contributed by atoms with Gasteiger partial charge in [0.15, 0.2) is 0 Å². The smallest absolute Gasteiger partial charge is 0.228 e. The Balaban J connectivity index is 2.06. The normalized spacial score (nSPS) is 10.1. The summed E-state index contributed by atoms with van der Waals surface area (Å²) >= 11 is 6.03. The van der Waals surface area contributed by atoms with Crippen molar-refractivity contribution in [2.45, 2.75) is 6.42 Å². The van der Waals surface area contributed by atoms with Gasteiger partial charge in [0.05, 0.1) is 24.2 Å². The average molecular weight is 291 g/mol. The minimum atomic E-state index is -0.148. The van der Waals surface area contributed by atoms with Gasteiger partial charge in [0.2, 0.25) is 5.91 Å². The lowest BCUT2D eigenvalue weighted by Gasteiger charge is -2.09. The van der Waals surface area contributed by atoms with Crippen molar-refractivity contribution in [3.8, 4) is 5.75 Å². The molecule has 2 aromatic rings. The number of nitrogens with two attached hydrogens (primary N) is 1. The molecular formula is C15H15ClN2O2. The lowest BCUT2D eigenvalue weighted by molar-refractivity contribution is -0.115. The van der Waals surface area contributed by atoms with E-state index in [1.165, 1.54) is 0 Å². The van der Waals surface area contributed by atoms with Gasteiger partial charge in [-0.25, -0.2) is 0 Å². The fraction of sp³-hybridized carbons (Fsp3) is 0.133. The fourth-order valence-electron chi connectivity index (χ4n) is 1.74. The summed E-state index contributed by atoms with van der Waals surface area (Å²) < 4.78 is 5.10. The van der Waals surface area contributed by atoms with Gasteiger partial charge in [-0.2, -0.15) is 0 Å². The Bertz CT molecular complexity index is 612. The van der Waals surface area contributed by atoms with E-state index in [9.17, 15) is 4.79 Å². The van der Waals surface area contributed by atoms with E-state index in [2.05, 4.69) is 5.32 Å². The molecule has 0 atom stereocenters. The maximum atomic E-state index is 12.0. The van der Waals surface area contributed by atoms with Crippen LogP contribution in [0.5, 0.6) is 5.75 Å². The molecule has 0 unspecified atom stereocenters. The molecule has 2 rings (SSSR count). The maximum Gasteiger partial charge on any atom is 0.228 e. The highest BCUT2D eigenvalue weighted by atomic mass is 35.5. The first kappa shape index (κ1) is 14.2. The highest BCUT2D eigenvalue weighted by molar-refractivity contribution is 6.33. The van der Waals surface area contributed by atoms with Crippen LogP contribution >= 0.6 is 11.6 Å². The Morgan fingerprint density at radius 2 is 1.95 bits per heavy atom. The molecule has 4 nitrogen and oxygen atoms in total. The molecule has 0 saturated carbocycles. The number of carbonyl (C=O) groups excluding carboxylic acids is 1. The highest BCUT2D eigenvalue weighted by Gasteiger charge is 2.08. The number of benzene rings is 2. The number of anilines is 2. The van der Waals surface area contributed by atoms with Gasteiger partial charge in [0.25, 0.3) is 0 Å².